The van der Waals surface area contributed by atoms with Gasteiger partial charge in [-0.05, 0) is 31.4 Å². The molecular formula is C20H28N2O3. The van der Waals surface area contributed by atoms with Crippen molar-refractivity contribution in [2.45, 2.75) is 53.1 Å². The van der Waals surface area contributed by atoms with Crippen molar-refractivity contribution in [1.82, 2.24) is 10.2 Å². The summed E-state index contributed by atoms with van der Waals surface area (Å²) in [5.41, 5.74) is 1.81. The fourth-order valence-electron chi connectivity index (χ4n) is 2.18. The zero-order valence-corrected chi connectivity index (χ0v) is 15.5. The van der Waals surface area contributed by atoms with Gasteiger partial charge in [-0.3, -0.25) is 0 Å². The molecule has 5 nitrogen and oxygen atoms in total. The Labute approximate surface area is 150 Å². The van der Waals surface area contributed by atoms with Gasteiger partial charge in [0, 0.05) is 6.07 Å². The van der Waals surface area contributed by atoms with Gasteiger partial charge in [-0.25, -0.2) is 0 Å². The number of benzene rings is 1. The number of aromatic nitrogens is 2. The predicted molar refractivity (Wildman–Crippen MR) is 98.3 cm³/mol. The molecule has 0 N–H and O–H groups in total. The fourth-order valence-corrected chi connectivity index (χ4v) is 2.18. The summed E-state index contributed by atoms with van der Waals surface area (Å²) >= 11 is 0. The Morgan fingerprint density at radius 2 is 1.56 bits per heavy atom. The van der Waals surface area contributed by atoms with Gasteiger partial charge in [0.15, 0.2) is 5.75 Å². The molecular weight excluding hydrogens is 316 g/mol. The summed E-state index contributed by atoms with van der Waals surface area (Å²) < 4.78 is 17.4. The van der Waals surface area contributed by atoms with E-state index < -0.39 is 0 Å². The average molecular weight is 344 g/mol. The monoisotopic (exact) mass is 344 g/mol. The third-order valence-electron chi connectivity index (χ3n) is 3.74. The number of hydrogen-bond donors (Lipinski definition) is 0. The van der Waals surface area contributed by atoms with E-state index in [0.717, 1.165) is 42.7 Å². The van der Waals surface area contributed by atoms with E-state index in [1.807, 2.05) is 37.3 Å². The molecule has 0 aliphatic carbocycles. The second-order valence-corrected chi connectivity index (χ2v) is 5.96. The van der Waals surface area contributed by atoms with Crippen molar-refractivity contribution in [2.75, 3.05) is 13.2 Å². The van der Waals surface area contributed by atoms with Gasteiger partial charge in [-0.15, -0.1) is 10.2 Å². The summed E-state index contributed by atoms with van der Waals surface area (Å²) in [7, 11) is 0. The van der Waals surface area contributed by atoms with E-state index in [9.17, 15) is 0 Å². The number of unbranched alkanes of at least 4 members (excludes halogenated alkanes) is 2. The predicted octanol–water partition coefficient (Wildman–Crippen LogP) is 4.72. The van der Waals surface area contributed by atoms with Gasteiger partial charge < -0.3 is 14.2 Å². The van der Waals surface area contributed by atoms with Crippen molar-refractivity contribution < 1.29 is 14.2 Å². The molecule has 1 aromatic heterocycles. The van der Waals surface area contributed by atoms with E-state index in [1.54, 1.807) is 0 Å². The highest BCUT2D eigenvalue weighted by molar-refractivity contribution is 5.34. The maximum Gasteiger partial charge on any atom is 0.276 e. The van der Waals surface area contributed by atoms with Gasteiger partial charge in [0.25, 0.3) is 5.88 Å². The van der Waals surface area contributed by atoms with Crippen molar-refractivity contribution in [2.24, 2.45) is 0 Å². The molecule has 25 heavy (non-hydrogen) atoms. The standard InChI is InChI=1S/C20H28N2O3/c1-4-6-12-23-19-14-17(21-22-20(19)24-13-7-5-2)15-25-18-11-9-8-10-16(18)3/h8-11,14H,4-7,12-13,15H2,1-3H3. The maximum atomic E-state index is 5.84. The molecule has 0 aliphatic rings. The molecule has 0 saturated carbocycles. The van der Waals surface area contributed by atoms with Crippen LogP contribution in [0.2, 0.25) is 0 Å². The lowest BCUT2D eigenvalue weighted by Crippen LogP contribution is -2.08. The second kappa shape index (κ2) is 10.5. The first-order valence-corrected chi connectivity index (χ1v) is 9.05. The molecule has 5 heteroatoms. The molecule has 0 aliphatic heterocycles. The third kappa shape index (κ3) is 6.25. The van der Waals surface area contributed by atoms with Gasteiger partial charge in [0.1, 0.15) is 18.1 Å². The van der Waals surface area contributed by atoms with E-state index >= 15 is 0 Å². The van der Waals surface area contributed by atoms with Crippen molar-refractivity contribution in [3.63, 3.8) is 0 Å². The summed E-state index contributed by atoms with van der Waals surface area (Å²) in [4.78, 5) is 0. The smallest absolute Gasteiger partial charge is 0.276 e. The number of nitrogens with zero attached hydrogens (tertiary/aromatic N) is 2. The molecule has 0 amide bonds. The third-order valence-corrected chi connectivity index (χ3v) is 3.74. The van der Waals surface area contributed by atoms with Gasteiger partial charge in [0.2, 0.25) is 0 Å². The molecule has 0 radical (unpaired) electrons. The van der Waals surface area contributed by atoms with Crippen LogP contribution in [-0.2, 0) is 6.61 Å². The summed E-state index contributed by atoms with van der Waals surface area (Å²) in [6.45, 7) is 7.88. The van der Waals surface area contributed by atoms with Crippen LogP contribution in [0.4, 0.5) is 0 Å². The molecule has 0 bridgehead atoms. The first-order chi connectivity index (χ1) is 12.2. The maximum absolute atomic E-state index is 5.84. The first kappa shape index (κ1) is 19.0. The lowest BCUT2D eigenvalue weighted by Gasteiger charge is -2.13. The second-order valence-electron chi connectivity index (χ2n) is 5.96. The molecule has 0 saturated heterocycles. The normalized spacial score (nSPS) is 10.5. The number of ether oxygens (including phenoxy) is 3. The van der Waals surface area contributed by atoms with Crippen LogP contribution in [0.1, 0.15) is 50.8 Å². The van der Waals surface area contributed by atoms with E-state index in [4.69, 9.17) is 14.2 Å². The quantitative estimate of drug-likeness (QED) is 0.552. The molecule has 2 aromatic rings. The minimum absolute atomic E-state index is 0.344. The SMILES string of the molecule is CCCCOc1cc(COc2ccccc2C)nnc1OCCCC. The highest BCUT2D eigenvalue weighted by atomic mass is 16.5. The highest BCUT2D eigenvalue weighted by Crippen LogP contribution is 2.26. The number of hydrogen-bond acceptors (Lipinski definition) is 5. The molecule has 136 valence electrons. The van der Waals surface area contributed by atoms with Crippen LogP contribution in [0.15, 0.2) is 30.3 Å². The van der Waals surface area contributed by atoms with Crippen LogP contribution in [0.5, 0.6) is 17.4 Å². The van der Waals surface area contributed by atoms with Crippen LogP contribution >= 0.6 is 0 Å². The molecule has 2 rings (SSSR count). The van der Waals surface area contributed by atoms with Crippen LogP contribution in [-0.4, -0.2) is 23.4 Å². The Hall–Kier alpha value is -2.30. The minimum Gasteiger partial charge on any atom is -0.488 e. The largest absolute Gasteiger partial charge is 0.488 e. The van der Waals surface area contributed by atoms with Gasteiger partial charge >= 0.3 is 0 Å². The molecule has 0 unspecified atom stereocenters. The minimum atomic E-state index is 0.344. The summed E-state index contributed by atoms with van der Waals surface area (Å²) in [5, 5.41) is 8.40. The topological polar surface area (TPSA) is 53.5 Å². The van der Waals surface area contributed by atoms with Crippen molar-refractivity contribution in [1.29, 1.82) is 0 Å². The van der Waals surface area contributed by atoms with Crippen molar-refractivity contribution in [3.8, 4) is 17.4 Å². The Balaban J connectivity index is 2.04. The Morgan fingerprint density at radius 1 is 0.840 bits per heavy atom. The van der Waals surface area contributed by atoms with Crippen LogP contribution in [0.3, 0.4) is 0 Å². The van der Waals surface area contributed by atoms with E-state index in [-0.39, 0.29) is 0 Å². The summed E-state index contributed by atoms with van der Waals surface area (Å²) in [6, 6.07) is 9.78. The zero-order chi connectivity index (χ0) is 17.9. The van der Waals surface area contributed by atoms with E-state index in [2.05, 4.69) is 24.0 Å². The lowest BCUT2D eigenvalue weighted by molar-refractivity contribution is 0.246. The molecule has 0 fully saturated rings. The van der Waals surface area contributed by atoms with Crippen molar-refractivity contribution in [3.05, 3.63) is 41.6 Å². The fraction of sp³-hybridized carbons (Fsp3) is 0.500. The molecule has 0 atom stereocenters. The van der Waals surface area contributed by atoms with Gasteiger partial charge in [-0.2, -0.15) is 0 Å². The number of rotatable bonds is 11. The number of para-hydroxylation sites is 1. The Bertz CT molecular complexity index is 647. The Morgan fingerprint density at radius 3 is 2.28 bits per heavy atom. The summed E-state index contributed by atoms with van der Waals surface area (Å²) in [6.07, 6.45) is 4.12. The van der Waals surface area contributed by atoms with Crippen LogP contribution in [0.25, 0.3) is 0 Å². The first-order valence-electron chi connectivity index (χ1n) is 9.05. The van der Waals surface area contributed by atoms with Crippen molar-refractivity contribution >= 4 is 0 Å². The van der Waals surface area contributed by atoms with Gasteiger partial charge in [-0.1, -0.05) is 44.9 Å². The highest BCUT2D eigenvalue weighted by Gasteiger charge is 2.11. The van der Waals surface area contributed by atoms with Crippen LogP contribution in [0, 0.1) is 6.92 Å². The van der Waals surface area contributed by atoms with Crippen LogP contribution < -0.4 is 14.2 Å². The van der Waals surface area contributed by atoms with E-state index in [1.165, 1.54) is 0 Å². The van der Waals surface area contributed by atoms with E-state index in [0.29, 0.717) is 31.5 Å². The summed E-state index contributed by atoms with van der Waals surface area (Å²) in [5.74, 6) is 1.95. The molecule has 0 spiro atoms. The molecule has 1 aromatic carbocycles. The zero-order valence-electron chi connectivity index (χ0n) is 15.5. The molecule has 1 heterocycles. The Kier molecular flexibility index (Phi) is 8.02. The van der Waals surface area contributed by atoms with Gasteiger partial charge in [0.05, 0.1) is 13.2 Å². The average Bonchev–Trinajstić information content (AvgIpc) is 2.63. The number of aryl methyl sites for hydroxylation is 1. The lowest BCUT2D eigenvalue weighted by atomic mass is 10.2.